The predicted octanol–water partition coefficient (Wildman–Crippen LogP) is 4.12. The fraction of sp³-hybridized carbons (Fsp3) is 0.222. The smallest absolute Gasteiger partial charge is 0.242 e. The first-order valence-corrected chi connectivity index (χ1v) is 9.48. The summed E-state index contributed by atoms with van der Waals surface area (Å²) in [6.07, 6.45) is 2.48. The first kappa shape index (κ1) is 17.0. The molecule has 0 aliphatic rings. The zero-order chi connectivity index (χ0) is 17.4. The molecule has 0 aliphatic carbocycles. The van der Waals surface area contributed by atoms with Crippen LogP contribution < -0.4 is 4.72 Å². The highest BCUT2D eigenvalue weighted by Crippen LogP contribution is 2.25. The van der Waals surface area contributed by atoms with Gasteiger partial charge >= 0.3 is 0 Å². The van der Waals surface area contributed by atoms with E-state index in [0.717, 1.165) is 16.5 Å². The van der Waals surface area contributed by atoms with E-state index < -0.39 is 15.6 Å². The third kappa shape index (κ3) is 3.48. The van der Waals surface area contributed by atoms with E-state index in [1.165, 1.54) is 6.07 Å². The van der Waals surface area contributed by atoms with E-state index in [1.54, 1.807) is 18.2 Å². The largest absolute Gasteiger partial charge is 0.361 e. The standard InChI is InChI=1S/C18H19ClN2O2S/c1-18(2,11-13-12-20-16-9-5-3-7-14(13)16)21-24(22,23)17-10-6-4-8-15(17)19/h3-10,12,20-21H,11H2,1-2H3. The Labute approximate surface area is 146 Å². The third-order valence-electron chi connectivity index (χ3n) is 3.84. The number of aromatic nitrogens is 1. The van der Waals surface area contributed by atoms with Crippen molar-refractivity contribution in [3.63, 3.8) is 0 Å². The van der Waals surface area contributed by atoms with Crippen LogP contribution in [0.2, 0.25) is 5.02 Å². The van der Waals surface area contributed by atoms with Crippen molar-refractivity contribution in [2.75, 3.05) is 0 Å². The summed E-state index contributed by atoms with van der Waals surface area (Å²) >= 11 is 6.03. The van der Waals surface area contributed by atoms with E-state index >= 15 is 0 Å². The second-order valence-corrected chi connectivity index (χ2v) is 8.51. The van der Waals surface area contributed by atoms with Crippen LogP contribution in [0.1, 0.15) is 19.4 Å². The van der Waals surface area contributed by atoms with Crippen molar-refractivity contribution < 1.29 is 8.42 Å². The van der Waals surface area contributed by atoms with Crippen LogP contribution in [-0.2, 0) is 16.4 Å². The molecule has 2 aromatic carbocycles. The fourth-order valence-electron chi connectivity index (χ4n) is 2.87. The first-order chi connectivity index (χ1) is 11.3. The van der Waals surface area contributed by atoms with Gasteiger partial charge in [0.25, 0.3) is 0 Å². The van der Waals surface area contributed by atoms with Crippen LogP contribution in [0.25, 0.3) is 10.9 Å². The Morgan fingerprint density at radius 1 is 1.08 bits per heavy atom. The molecule has 1 aromatic heterocycles. The maximum Gasteiger partial charge on any atom is 0.242 e. The van der Waals surface area contributed by atoms with Gasteiger partial charge in [-0.3, -0.25) is 0 Å². The SMILES string of the molecule is CC(C)(Cc1c[nH]c2ccccc12)NS(=O)(=O)c1ccccc1Cl. The number of H-pyrrole nitrogens is 1. The van der Waals surface area contributed by atoms with Gasteiger partial charge in [0.05, 0.1) is 5.02 Å². The molecule has 2 N–H and O–H groups in total. The number of hydrogen-bond acceptors (Lipinski definition) is 2. The lowest BCUT2D eigenvalue weighted by Gasteiger charge is -2.26. The number of rotatable bonds is 5. The number of benzene rings is 2. The second kappa shape index (κ2) is 6.24. The van der Waals surface area contributed by atoms with Gasteiger partial charge in [0.15, 0.2) is 0 Å². The summed E-state index contributed by atoms with van der Waals surface area (Å²) < 4.78 is 28.1. The average molecular weight is 363 g/mol. The van der Waals surface area contributed by atoms with Gasteiger partial charge in [-0.1, -0.05) is 41.9 Å². The Bertz CT molecular complexity index is 977. The predicted molar refractivity (Wildman–Crippen MR) is 97.9 cm³/mol. The van der Waals surface area contributed by atoms with Gasteiger partial charge in [0.2, 0.25) is 10.0 Å². The van der Waals surface area contributed by atoms with Crippen molar-refractivity contribution in [3.8, 4) is 0 Å². The van der Waals surface area contributed by atoms with E-state index in [1.807, 2.05) is 44.3 Å². The third-order valence-corrected chi connectivity index (χ3v) is 6.04. The molecule has 0 fully saturated rings. The number of para-hydroxylation sites is 1. The Kier molecular flexibility index (Phi) is 4.42. The van der Waals surface area contributed by atoms with Crippen LogP contribution >= 0.6 is 11.6 Å². The van der Waals surface area contributed by atoms with Crippen molar-refractivity contribution in [2.24, 2.45) is 0 Å². The van der Waals surface area contributed by atoms with Crippen molar-refractivity contribution in [2.45, 2.75) is 30.7 Å². The molecular weight excluding hydrogens is 344 g/mol. The summed E-state index contributed by atoms with van der Waals surface area (Å²) in [4.78, 5) is 3.31. The summed E-state index contributed by atoms with van der Waals surface area (Å²) in [5.74, 6) is 0. The number of fused-ring (bicyclic) bond motifs is 1. The van der Waals surface area contributed by atoms with Crippen LogP contribution in [-0.4, -0.2) is 18.9 Å². The van der Waals surface area contributed by atoms with Crippen molar-refractivity contribution in [1.82, 2.24) is 9.71 Å². The maximum absolute atomic E-state index is 12.7. The molecular formula is C18H19ClN2O2S. The fourth-order valence-corrected chi connectivity index (χ4v) is 4.80. The molecule has 1 heterocycles. The molecule has 0 atom stereocenters. The first-order valence-electron chi connectivity index (χ1n) is 7.62. The average Bonchev–Trinajstić information content (AvgIpc) is 2.89. The molecule has 126 valence electrons. The number of nitrogens with one attached hydrogen (secondary N) is 2. The van der Waals surface area contributed by atoms with Gasteiger partial charge in [-0.25, -0.2) is 13.1 Å². The van der Waals surface area contributed by atoms with Crippen molar-refractivity contribution >= 4 is 32.5 Å². The minimum absolute atomic E-state index is 0.0960. The zero-order valence-corrected chi connectivity index (χ0v) is 15.1. The molecule has 0 saturated carbocycles. The van der Waals surface area contributed by atoms with Gasteiger partial charge < -0.3 is 4.98 Å². The van der Waals surface area contributed by atoms with E-state index in [9.17, 15) is 8.42 Å². The number of hydrogen-bond donors (Lipinski definition) is 2. The quantitative estimate of drug-likeness (QED) is 0.717. The Hall–Kier alpha value is -1.82. The molecule has 0 bridgehead atoms. The molecule has 0 radical (unpaired) electrons. The van der Waals surface area contributed by atoms with Crippen LogP contribution in [0.4, 0.5) is 0 Å². The minimum atomic E-state index is -3.70. The van der Waals surface area contributed by atoms with Gasteiger partial charge in [-0.05, 0) is 44.0 Å². The van der Waals surface area contributed by atoms with Gasteiger partial charge in [0.1, 0.15) is 4.90 Å². The topological polar surface area (TPSA) is 62.0 Å². The Morgan fingerprint density at radius 2 is 1.75 bits per heavy atom. The second-order valence-electron chi connectivity index (χ2n) is 6.46. The Morgan fingerprint density at radius 3 is 2.50 bits per heavy atom. The molecule has 0 amide bonds. The lowest BCUT2D eigenvalue weighted by Crippen LogP contribution is -2.45. The molecule has 6 heteroatoms. The maximum atomic E-state index is 12.7. The molecule has 24 heavy (non-hydrogen) atoms. The summed E-state index contributed by atoms with van der Waals surface area (Å²) in [5, 5.41) is 1.32. The summed E-state index contributed by atoms with van der Waals surface area (Å²) in [6.45, 7) is 3.73. The Balaban J connectivity index is 1.87. The highest BCUT2D eigenvalue weighted by atomic mass is 35.5. The highest BCUT2D eigenvalue weighted by molar-refractivity contribution is 7.89. The monoisotopic (exact) mass is 362 g/mol. The molecule has 3 rings (SSSR count). The van der Waals surface area contributed by atoms with Gasteiger partial charge in [0, 0.05) is 22.6 Å². The molecule has 0 aliphatic heterocycles. The molecule has 0 unspecified atom stereocenters. The number of aromatic amines is 1. The van der Waals surface area contributed by atoms with E-state index in [2.05, 4.69) is 9.71 Å². The summed E-state index contributed by atoms with van der Waals surface area (Å²) in [7, 11) is -3.70. The molecule has 0 spiro atoms. The van der Waals surface area contributed by atoms with Crippen LogP contribution in [0.3, 0.4) is 0 Å². The number of sulfonamides is 1. The normalized spacial score (nSPS) is 12.6. The minimum Gasteiger partial charge on any atom is -0.361 e. The van der Waals surface area contributed by atoms with E-state index in [0.29, 0.717) is 6.42 Å². The van der Waals surface area contributed by atoms with Crippen molar-refractivity contribution in [1.29, 1.82) is 0 Å². The lowest BCUT2D eigenvalue weighted by molar-refractivity contribution is 0.451. The highest BCUT2D eigenvalue weighted by Gasteiger charge is 2.28. The van der Waals surface area contributed by atoms with Crippen LogP contribution in [0.5, 0.6) is 0 Å². The summed E-state index contributed by atoms with van der Waals surface area (Å²) in [6, 6.07) is 14.4. The summed E-state index contributed by atoms with van der Waals surface area (Å²) in [5.41, 5.74) is 1.44. The number of halogens is 1. The molecule has 4 nitrogen and oxygen atoms in total. The van der Waals surface area contributed by atoms with Gasteiger partial charge in [-0.2, -0.15) is 0 Å². The van der Waals surface area contributed by atoms with E-state index in [4.69, 9.17) is 11.6 Å². The van der Waals surface area contributed by atoms with Crippen LogP contribution in [0, 0.1) is 0 Å². The van der Waals surface area contributed by atoms with Gasteiger partial charge in [-0.15, -0.1) is 0 Å². The van der Waals surface area contributed by atoms with Crippen molar-refractivity contribution in [3.05, 3.63) is 65.3 Å². The lowest BCUT2D eigenvalue weighted by atomic mass is 9.96. The van der Waals surface area contributed by atoms with E-state index in [-0.39, 0.29) is 9.92 Å². The van der Waals surface area contributed by atoms with Crippen LogP contribution in [0.15, 0.2) is 59.6 Å². The molecule has 3 aromatic rings. The molecule has 0 saturated heterocycles. The zero-order valence-electron chi connectivity index (χ0n) is 13.5.